The van der Waals surface area contributed by atoms with E-state index in [4.69, 9.17) is 16.3 Å². The monoisotopic (exact) mass is 213 g/mol. The van der Waals surface area contributed by atoms with Crippen LogP contribution in [0.3, 0.4) is 0 Å². The highest BCUT2D eigenvalue weighted by molar-refractivity contribution is 6.29. The van der Waals surface area contributed by atoms with E-state index < -0.39 is 0 Å². The van der Waals surface area contributed by atoms with Gasteiger partial charge >= 0.3 is 0 Å². The molecule has 0 atom stereocenters. The number of aromatic nitrogens is 2. The van der Waals surface area contributed by atoms with Gasteiger partial charge in [0.05, 0.1) is 0 Å². The van der Waals surface area contributed by atoms with Crippen LogP contribution in [-0.4, -0.2) is 23.1 Å². The maximum atomic E-state index is 5.84. The summed E-state index contributed by atoms with van der Waals surface area (Å²) in [5, 5.41) is 3.72. The Morgan fingerprint density at radius 2 is 2.36 bits per heavy atom. The van der Waals surface area contributed by atoms with Gasteiger partial charge in [-0.05, 0) is 12.8 Å². The molecular weight excluding hydrogens is 202 g/mol. The number of anilines is 1. The van der Waals surface area contributed by atoms with Crippen LogP contribution in [0.15, 0.2) is 6.07 Å². The van der Waals surface area contributed by atoms with Gasteiger partial charge in [-0.2, -0.15) is 0 Å². The minimum Gasteiger partial charge on any atom is -0.377 e. The summed E-state index contributed by atoms with van der Waals surface area (Å²) in [4.78, 5) is 8.31. The molecule has 1 saturated carbocycles. The van der Waals surface area contributed by atoms with Crippen molar-refractivity contribution in [3.63, 3.8) is 0 Å². The van der Waals surface area contributed by atoms with Crippen molar-refractivity contribution in [3.8, 4) is 0 Å². The summed E-state index contributed by atoms with van der Waals surface area (Å²) in [6.07, 6.45) is 2.42. The zero-order valence-corrected chi connectivity index (χ0v) is 8.71. The first kappa shape index (κ1) is 9.68. The zero-order chi connectivity index (χ0) is 9.97. The summed E-state index contributed by atoms with van der Waals surface area (Å²) >= 11 is 5.84. The minimum absolute atomic E-state index is 0.389. The number of nitrogens with zero attached hydrogens (tertiary/aromatic N) is 2. The topological polar surface area (TPSA) is 47.0 Å². The van der Waals surface area contributed by atoms with Gasteiger partial charge in [0.1, 0.15) is 17.6 Å². The van der Waals surface area contributed by atoms with Crippen LogP contribution in [0.2, 0.25) is 5.15 Å². The van der Waals surface area contributed by atoms with Crippen molar-refractivity contribution in [3.05, 3.63) is 17.0 Å². The lowest BCUT2D eigenvalue weighted by molar-refractivity contribution is 0.178. The second kappa shape index (κ2) is 4.11. The van der Waals surface area contributed by atoms with Crippen molar-refractivity contribution < 1.29 is 4.74 Å². The number of ether oxygens (including phenoxy) is 1. The van der Waals surface area contributed by atoms with Crippen LogP contribution in [0.5, 0.6) is 0 Å². The standard InChI is InChI=1S/C9H12ClN3O/c1-14-5-9-12-7(10)4-8(13-9)11-6-2-3-6/h4,6H,2-3,5H2,1H3,(H,11,12,13). The van der Waals surface area contributed by atoms with Crippen molar-refractivity contribution >= 4 is 17.4 Å². The molecule has 1 fully saturated rings. The van der Waals surface area contributed by atoms with Crippen molar-refractivity contribution in [2.24, 2.45) is 0 Å². The van der Waals surface area contributed by atoms with Gasteiger partial charge in [-0.15, -0.1) is 0 Å². The molecule has 1 aliphatic rings. The van der Waals surface area contributed by atoms with Gasteiger partial charge < -0.3 is 10.1 Å². The number of hydrogen-bond acceptors (Lipinski definition) is 4. The van der Waals surface area contributed by atoms with Crippen LogP contribution >= 0.6 is 11.6 Å². The van der Waals surface area contributed by atoms with Gasteiger partial charge in [0.25, 0.3) is 0 Å². The lowest BCUT2D eigenvalue weighted by Gasteiger charge is -2.05. The number of methoxy groups -OCH3 is 1. The molecule has 0 aliphatic heterocycles. The molecule has 0 bridgehead atoms. The number of hydrogen-bond donors (Lipinski definition) is 1. The maximum absolute atomic E-state index is 5.84. The third-order valence-electron chi connectivity index (χ3n) is 1.94. The number of halogens is 1. The molecular formula is C9H12ClN3O. The first-order valence-electron chi connectivity index (χ1n) is 4.57. The smallest absolute Gasteiger partial charge is 0.158 e. The molecule has 14 heavy (non-hydrogen) atoms. The average molecular weight is 214 g/mol. The van der Waals surface area contributed by atoms with Gasteiger partial charge in [0.2, 0.25) is 0 Å². The third-order valence-corrected chi connectivity index (χ3v) is 2.14. The van der Waals surface area contributed by atoms with Gasteiger partial charge in [-0.25, -0.2) is 9.97 Å². The molecule has 0 spiro atoms. The van der Waals surface area contributed by atoms with Crippen LogP contribution in [0.1, 0.15) is 18.7 Å². The van der Waals surface area contributed by atoms with Gasteiger partial charge in [0.15, 0.2) is 5.82 Å². The second-order valence-corrected chi connectivity index (χ2v) is 3.73. The van der Waals surface area contributed by atoms with Gasteiger partial charge in [0, 0.05) is 19.2 Å². The SMILES string of the molecule is COCc1nc(Cl)cc(NC2CC2)n1. The first-order chi connectivity index (χ1) is 6.78. The lowest BCUT2D eigenvalue weighted by atomic mass is 10.5. The van der Waals surface area contributed by atoms with Crippen LogP contribution < -0.4 is 5.32 Å². The molecule has 2 rings (SSSR count). The summed E-state index contributed by atoms with van der Waals surface area (Å²) in [5.41, 5.74) is 0. The molecule has 1 heterocycles. The summed E-state index contributed by atoms with van der Waals surface area (Å²) in [6.45, 7) is 0.389. The molecule has 1 aliphatic carbocycles. The Bertz CT molecular complexity index is 328. The molecule has 1 aromatic heterocycles. The fourth-order valence-electron chi connectivity index (χ4n) is 1.17. The molecule has 0 unspecified atom stereocenters. The molecule has 0 radical (unpaired) electrons. The molecule has 0 saturated heterocycles. The Balaban J connectivity index is 2.12. The molecule has 0 amide bonds. The van der Waals surface area contributed by atoms with Crippen molar-refractivity contribution in [2.45, 2.75) is 25.5 Å². The summed E-state index contributed by atoms with van der Waals surface area (Å²) in [5.74, 6) is 1.41. The van der Waals surface area contributed by atoms with Crippen molar-refractivity contribution in [1.82, 2.24) is 9.97 Å². The highest BCUT2D eigenvalue weighted by atomic mass is 35.5. The van der Waals surface area contributed by atoms with Crippen LogP contribution in [0.25, 0.3) is 0 Å². The maximum Gasteiger partial charge on any atom is 0.158 e. The minimum atomic E-state index is 0.389. The van der Waals surface area contributed by atoms with Crippen LogP contribution in [0.4, 0.5) is 5.82 Å². The quantitative estimate of drug-likeness (QED) is 0.776. The fourth-order valence-corrected chi connectivity index (χ4v) is 1.37. The second-order valence-electron chi connectivity index (χ2n) is 3.34. The Morgan fingerprint density at radius 1 is 1.57 bits per heavy atom. The third kappa shape index (κ3) is 2.56. The number of nitrogens with one attached hydrogen (secondary N) is 1. The molecule has 5 heteroatoms. The van der Waals surface area contributed by atoms with Gasteiger partial charge in [-0.1, -0.05) is 11.6 Å². The van der Waals surface area contributed by atoms with Crippen LogP contribution in [-0.2, 0) is 11.3 Å². The van der Waals surface area contributed by atoms with E-state index in [9.17, 15) is 0 Å². The first-order valence-corrected chi connectivity index (χ1v) is 4.94. The van der Waals surface area contributed by atoms with E-state index in [-0.39, 0.29) is 0 Å². The predicted molar refractivity (Wildman–Crippen MR) is 54.4 cm³/mol. The Labute approximate surface area is 87.7 Å². The van der Waals surface area contributed by atoms with Crippen molar-refractivity contribution in [2.75, 3.05) is 12.4 Å². The average Bonchev–Trinajstić information content (AvgIpc) is 2.87. The van der Waals surface area contributed by atoms with E-state index in [2.05, 4.69) is 15.3 Å². The fraction of sp³-hybridized carbons (Fsp3) is 0.556. The highest BCUT2D eigenvalue weighted by Crippen LogP contribution is 2.24. The lowest BCUT2D eigenvalue weighted by Crippen LogP contribution is -2.06. The van der Waals surface area contributed by atoms with E-state index in [1.54, 1.807) is 13.2 Å². The Hall–Kier alpha value is -0.870. The molecule has 76 valence electrons. The largest absolute Gasteiger partial charge is 0.377 e. The van der Waals surface area contributed by atoms with E-state index in [1.807, 2.05) is 0 Å². The van der Waals surface area contributed by atoms with E-state index in [0.717, 1.165) is 5.82 Å². The van der Waals surface area contributed by atoms with Gasteiger partial charge in [-0.3, -0.25) is 0 Å². The van der Waals surface area contributed by atoms with E-state index in [1.165, 1.54) is 12.8 Å². The predicted octanol–water partition coefficient (Wildman–Crippen LogP) is 1.85. The van der Waals surface area contributed by atoms with Crippen LogP contribution in [0, 0.1) is 0 Å². The number of rotatable bonds is 4. The molecule has 1 aromatic rings. The molecule has 4 nitrogen and oxygen atoms in total. The van der Waals surface area contributed by atoms with Crippen molar-refractivity contribution in [1.29, 1.82) is 0 Å². The summed E-state index contributed by atoms with van der Waals surface area (Å²) < 4.78 is 4.95. The van der Waals surface area contributed by atoms with E-state index >= 15 is 0 Å². The Kier molecular flexibility index (Phi) is 2.84. The summed E-state index contributed by atoms with van der Waals surface area (Å²) in [7, 11) is 1.61. The summed E-state index contributed by atoms with van der Waals surface area (Å²) in [6, 6.07) is 2.30. The Morgan fingerprint density at radius 3 is 3.00 bits per heavy atom. The highest BCUT2D eigenvalue weighted by Gasteiger charge is 2.21. The molecule has 1 N–H and O–H groups in total. The zero-order valence-electron chi connectivity index (χ0n) is 7.96. The molecule has 0 aromatic carbocycles. The van der Waals surface area contributed by atoms with E-state index in [0.29, 0.717) is 23.6 Å². The normalized spacial score (nSPS) is 15.6.